The second kappa shape index (κ2) is 9.59. The van der Waals surface area contributed by atoms with Crippen molar-refractivity contribution < 1.29 is 13.3 Å². The number of hydrazone groups is 1. The number of hydrogen-bond donors (Lipinski definition) is 2. The normalized spacial score (nSPS) is 11.7. The number of anilines is 2. The number of rotatable bonds is 8. The van der Waals surface area contributed by atoms with Crippen molar-refractivity contribution in [1.29, 1.82) is 0 Å². The van der Waals surface area contributed by atoms with Crippen LogP contribution in [0.15, 0.2) is 82.8 Å². The summed E-state index contributed by atoms with van der Waals surface area (Å²) < 4.78 is 27.7. The lowest BCUT2D eigenvalue weighted by molar-refractivity contribution is -0.384. The Labute approximate surface area is 184 Å². The Morgan fingerprint density at radius 2 is 1.74 bits per heavy atom. The van der Waals surface area contributed by atoms with Gasteiger partial charge in [0.15, 0.2) is 0 Å². The van der Waals surface area contributed by atoms with Crippen LogP contribution in [0.3, 0.4) is 0 Å². The van der Waals surface area contributed by atoms with Gasteiger partial charge in [-0.2, -0.15) is 5.10 Å². The molecule has 0 saturated heterocycles. The quantitative estimate of drug-likeness (QED) is 0.271. The summed E-state index contributed by atoms with van der Waals surface area (Å²) in [5, 5.41) is 16.3. The summed E-state index contributed by atoms with van der Waals surface area (Å²) in [6.07, 6.45) is 0.599. The van der Waals surface area contributed by atoms with Crippen LogP contribution >= 0.6 is 11.6 Å². The number of hydrogen-bond acceptors (Lipinski definition) is 6. The Kier molecular flexibility index (Phi) is 6.88. The molecule has 0 aromatic heterocycles. The zero-order valence-electron chi connectivity index (χ0n) is 16.4. The zero-order valence-corrected chi connectivity index (χ0v) is 18.0. The smallest absolute Gasteiger partial charge is 0.280 e. The molecule has 3 aromatic rings. The van der Waals surface area contributed by atoms with Gasteiger partial charge in [0.1, 0.15) is 5.69 Å². The van der Waals surface area contributed by atoms with Gasteiger partial charge >= 0.3 is 0 Å². The summed E-state index contributed by atoms with van der Waals surface area (Å²) in [6, 6.07) is 19.0. The Bertz CT molecular complexity index is 1210. The van der Waals surface area contributed by atoms with Crippen LogP contribution in [-0.2, 0) is 10.0 Å². The molecule has 0 bridgehead atoms. The lowest BCUT2D eigenvalue weighted by Crippen LogP contribution is -2.13. The Morgan fingerprint density at radius 1 is 1.06 bits per heavy atom. The van der Waals surface area contributed by atoms with E-state index < -0.39 is 20.6 Å². The molecular formula is C21H19ClN4O4S. The van der Waals surface area contributed by atoms with Crippen molar-refractivity contribution in [3.8, 4) is 0 Å². The van der Waals surface area contributed by atoms with Gasteiger partial charge in [-0.25, -0.2) is 8.42 Å². The van der Waals surface area contributed by atoms with E-state index in [1.165, 1.54) is 36.4 Å². The third-order valence-corrected chi connectivity index (χ3v) is 5.96. The third-order valence-electron chi connectivity index (χ3n) is 4.33. The van der Waals surface area contributed by atoms with E-state index >= 15 is 0 Å². The molecule has 0 amide bonds. The van der Waals surface area contributed by atoms with Gasteiger partial charge in [0.2, 0.25) is 0 Å². The molecule has 0 radical (unpaired) electrons. The predicted molar refractivity (Wildman–Crippen MR) is 122 cm³/mol. The molecule has 0 unspecified atom stereocenters. The third kappa shape index (κ3) is 5.59. The van der Waals surface area contributed by atoms with Gasteiger partial charge in [-0.05, 0) is 48.4 Å². The maximum absolute atomic E-state index is 12.7. The van der Waals surface area contributed by atoms with E-state index in [4.69, 9.17) is 11.6 Å². The van der Waals surface area contributed by atoms with Crippen molar-refractivity contribution in [2.75, 3.05) is 10.1 Å². The van der Waals surface area contributed by atoms with Crippen LogP contribution < -0.4 is 10.1 Å². The molecule has 0 aliphatic rings. The van der Waals surface area contributed by atoms with Crippen molar-refractivity contribution >= 4 is 44.4 Å². The molecule has 0 aliphatic heterocycles. The van der Waals surface area contributed by atoms with Crippen LogP contribution in [0.25, 0.3) is 0 Å². The van der Waals surface area contributed by atoms with E-state index in [-0.39, 0.29) is 16.3 Å². The highest BCUT2D eigenvalue weighted by atomic mass is 35.5. The molecule has 3 rings (SSSR count). The average Bonchev–Trinajstić information content (AvgIpc) is 2.76. The molecule has 3 aromatic carbocycles. The molecule has 0 aliphatic carbocycles. The van der Waals surface area contributed by atoms with Crippen molar-refractivity contribution in [3.05, 3.63) is 93.5 Å². The number of benzene rings is 3. The van der Waals surface area contributed by atoms with E-state index in [1.54, 1.807) is 0 Å². The molecule has 8 nitrogen and oxygen atoms in total. The number of sulfonamides is 1. The maximum Gasteiger partial charge on any atom is 0.295 e. The molecule has 2 N–H and O–H groups in total. The van der Waals surface area contributed by atoms with E-state index in [1.807, 2.05) is 37.3 Å². The molecule has 31 heavy (non-hydrogen) atoms. The first-order valence-corrected chi connectivity index (χ1v) is 11.1. The second-order valence-corrected chi connectivity index (χ2v) is 8.56. The summed E-state index contributed by atoms with van der Waals surface area (Å²) in [4.78, 5) is 10.7. The number of nitrogens with one attached hydrogen (secondary N) is 2. The number of nitrogens with zero attached hydrogens (tertiary/aromatic N) is 2. The lowest BCUT2D eigenvalue weighted by Gasteiger charge is -2.10. The van der Waals surface area contributed by atoms with E-state index in [0.717, 1.165) is 11.6 Å². The Morgan fingerprint density at radius 3 is 2.35 bits per heavy atom. The van der Waals surface area contributed by atoms with Gasteiger partial charge in [0, 0.05) is 16.8 Å². The summed E-state index contributed by atoms with van der Waals surface area (Å²) >= 11 is 5.80. The molecule has 160 valence electrons. The monoisotopic (exact) mass is 458 g/mol. The standard InChI is InChI=1S/C21H19ClN4O4S/c1-2-19(15-6-4-3-5-7-15)23-24-20-13-12-18(14-21(20)26(27)28)31(29,30)25-17-10-8-16(22)9-11-17/h3-14,24-25H,2H2,1H3. The Hall–Kier alpha value is -3.43. The number of halogens is 1. The van der Waals surface area contributed by atoms with Crippen LogP contribution in [0.5, 0.6) is 0 Å². The minimum absolute atomic E-state index is 0.0809. The first-order valence-electron chi connectivity index (χ1n) is 9.25. The van der Waals surface area contributed by atoms with E-state index in [9.17, 15) is 18.5 Å². The molecular weight excluding hydrogens is 440 g/mol. The molecule has 0 atom stereocenters. The summed E-state index contributed by atoms with van der Waals surface area (Å²) in [5.74, 6) is 0. The summed E-state index contributed by atoms with van der Waals surface area (Å²) in [6.45, 7) is 1.92. The minimum atomic E-state index is -4.04. The fourth-order valence-corrected chi connectivity index (χ4v) is 3.97. The second-order valence-electron chi connectivity index (χ2n) is 6.44. The molecule has 0 fully saturated rings. The van der Waals surface area contributed by atoms with Gasteiger partial charge in [0.05, 0.1) is 15.5 Å². The summed E-state index contributed by atoms with van der Waals surface area (Å²) in [7, 11) is -4.04. The number of nitro benzene ring substituents is 1. The van der Waals surface area contributed by atoms with Crippen molar-refractivity contribution in [1.82, 2.24) is 0 Å². The van der Waals surface area contributed by atoms with Crippen LogP contribution in [0.1, 0.15) is 18.9 Å². The Balaban J connectivity index is 1.89. The van der Waals surface area contributed by atoms with Crippen LogP contribution in [0.2, 0.25) is 5.02 Å². The SMILES string of the molecule is CCC(=NNc1ccc(S(=O)(=O)Nc2ccc(Cl)cc2)cc1[N+](=O)[O-])c1ccccc1. The zero-order chi connectivity index (χ0) is 22.4. The molecule has 0 heterocycles. The van der Waals surface area contributed by atoms with Crippen molar-refractivity contribution in [3.63, 3.8) is 0 Å². The highest BCUT2D eigenvalue weighted by Crippen LogP contribution is 2.29. The van der Waals surface area contributed by atoms with Crippen LogP contribution in [0, 0.1) is 10.1 Å². The van der Waals surface area contributed by atoms with E-state index in [2.05, 4.69) is 15.2 Å². The maximum atomic E-state index is 12.7. The molecule has 10 heteroatoms. The van der Waals surface area contributed by atoms with Crippen LogP contribution in [0.4, 0.5) is 17.1 Å². The predicted octanol–water partition coefficient (Wildman–Crippen LogP) is 5.28. The first kappa shape index (κ1) is 22.3. The fraction of sp³-hybridized carbons (Fsp3) is 0.0952. The van der Waals surface area contributed by atoms with Gasteiger partial charge in [-0.3, -0.25) is 20.3 Å². The minimum Gasteiger partial charge on any atom is -0.280 e. The van der Waals surface area contributed by atoms with E-state index in [0.29, 0.717) is 17.2 Å². The van der Waals surface area contributed by atoms with Gasteiger partial charge in [-0.15, -0.1) is 0 Å². The van der Waals surface area contributed by atoms with Gasteiger partial charge in [0.25, 0.3) is 15.7 Å². The highest BCUT2D eigenvalue weighted by molar-refractivity contribution is 7.92. The average molecular weight is 459 g/mol. The fourth-order valence-electron chi connectivity index (χ4n) is 2.76. The topological polar surface area (TPSA) is 114 Å². The highest BCUT2D eigenvalue weighted by Gasteiger charge is 2.22. The largest absolute Gasteiger partial charge is 0.295 e. The first-order chi connectivity index (χ1) is 14.8. The van der Waals surface area contributed by atoms with Crippen molar-refractivity contribution in [2.24, 2.45) is 5.10 Å². The lowest BCUT2D eigenvalue weighted by atomic mass is 10.1. The van der Waals surface area contributed by atoms with Crippen LogP contribution in [-0.4, -0.2) is 19.1 Å². The van der Waals surface area contributed by atoms with Gasteiger partial charge in [-0.1, -0.05) is 48.9 Å². The molecule has 0 spiro atoms. The van der Waals surface area contributed by atoms with Crippen molar-refractivity contribution in [2.45, 2.75) is 18.2 Å². The number of nitro groups is 1. The van der Waals surface area contributed by atoms with Gasteiger partial charge < -0.3 is 0 Å². The summed E-state index contributed by atoms with van der Waals surface area (Å²) in [5.41, 5.74) is 4.24. The molecule has 0 saturated carbocycles.